The van der Waals surface area contributed by atoms with Gasteiger partial charge in [0.25, 0.3) is 0 Å². The number of esters is 2. The lowest BCUT2D eigenvalue weighted by molar-refractivity contribution is -0.146. The van der Waals surface area contributed by atoms with E-state index in [9.17, 15) is 9.59 Å². The molecule has 0 amide bonds. The molecule has 6 nitrogen and oxygen atoms in total. The van der Waals surface area contributed by atoms with Crippen molar-refractivity contribution in [3.63, 3.8) is 0 Å². The Balaban J connectivity index is 2.49. The molecule has 0 atom stereocenters. The summed E-state index contributed by atoms with van der Waals surface area (Å²) in [5.74, 6) is -0.621. The Hall–Kier alpha value is -2.50. The molecule has 1 rings (SSSR count). The van der Waals surface area contributed by atoms with Gasteiger partial charge >= 0.3 is 11.9 Å². The standard InChI is InChI=1S/C19H26N2O4/c1-14(20)8-10-18(22)24-12-16-6-4-5-7-17(16)13-25-19(23)11-9-15(2)21-3/h4-7,20H,8-13H2,1-3H3. The maximum absolute atomic E-state index is 11.8. The predicted octanol–water partition coefficient (Wildman–Crippen LogP) is 3.46. The summed E-state index contributed by atoms with van der Waals surface area (Å²) in [4.78, 5) is 27.4. The first-order valence-electron chi connectivity index (χ1n) is 8.26. The van der Waals surface area contributed by atoms with Gasteiger partial charge in [0.15, 0.2) is 0 Å². The highest BCUT2D eigenvalue weighted by Crippen LogP contribution is 2.13. The number of carbonyl (C=O) groups is 2. The highest BCUT2D eigenvalue weighted by Gasteiger charge is 2.09. The second-order valence-electron chi connectivity index (χ2n) is 5.83. The van der Waals surface area contributed by atoms with Gasteiger partial charge in [-0.3, -0.25) is 14.6 Å². The molecule has 1 aromatic rings. The summed E-state index contributed by atoms with van der Waals surface area (Å²) in [6, 6.07) is 7.38. The van der Waals surface area contributed by atoms with E-state index in [4.69, 9.17) is 14.9 Å². The molecule has 0 aliphatic rings. The molecule has 0 aliphatic carbocycles. The summed E-state index contributed by atoms with van der Waals surface area (Å²) in [6.07, 6.45) is 1.48. The molecular formula is C19H26N2O4. The molecule has 25 heavy (non-hydrogen) atoms. The summed E-state index contributed by atoms with van der Waals surface area (Å²) >= 11 is 0. The van der Waals surface area contributed by atoms with Crippen LogP contribution in [-0.4, -0.2) is 30.4 Å². The number of nitrogens with one attached hydrogen (secondary N) is 1. The van der Waals surface area contributed by atoms with Crippen LogP contribution in [0.5, 0.6) is 0 Å². The molecule has 0 saturated carbocycles. The van der Waals surface area contributed by atoms with E-state index in [-0.39, 0.29) is 31.6 Å². The molecular weight excluding hydrogens is 320 g/mol. The first-order valence-corrected chi connectivity index (χ1v) is 8.26. The molecule has 1 N–H and O–H groups in total. The molecule has 0 spiro atoms. The van der Waals surface area contributed by atoms with Gasteiger partial charge in [0, 0.05) is 18.5 Å². The quantitative estimate of drug-likeness (QED) is 0.519. The molecule has 0 saturated heterocycles. The first-order chi connectivity index (χ1) is 11.9. The highest BCUT2D eigenvalue weighted by atomic mass is 16.5. The minimum Gasteiger partial charge on any atom is -0.461 e. The van der Waals surface area contributed by atoms with E-state index in [0.717, 1.165) is 16.8 Å². The predicted molar refractivity (Wildman–Crippen MR) is 96.9 cm³/mol. The number of carbonyl (C=O) groups excluding carboxylic acids is 2. The number of hydrogen-bond donors (Lipinski definition) is 1. The molecule has 0 bridgehead atoms. The lowest BCUT2D eigenvalue weighted by Crippen LogP contribution is -2.10. The maximum atomic E-state index is 11.8. The van der Waals surface area contributed by atoms with Crippen molar-refractivity contribution in [3.05, 3.63) is 35.4 Å². The largest absolute Gasteiger partial charge is 0.461 e. The van der Waals surface area contributed by atoms with Crippen LogP contribution >= 0.6 is 0 Å². The Morgan fingerprint density at radius 2 is 1.40 bits per heavy atom. The van der Waals surface area contributed by atoms with E-state index in [0.29, 0.717) is 25.0 Å². The Bertz CT molecular complexity index is 638. The number of hydrogen-bond acceptors (Lipinski definition) is 6. The molecule has 0 heterocycles. The van der Waals surface area contributed by atoms with Crippen LogP contribution in [0.25, 0.3) is 0 Å². The van der Waals surface area contributed by atoms with Crippen LogP contribution in [-0.2, 0) is 32.3 Å². The van der Waals surface area contributed by atoms with Crippen LogP contribution in [0.1, 0.15) is 50.7 Å². The number of nitrogens with zero attached hydrogens (tertiary/aromatic N) is 1. The minimum atomic E-state index is -0.340. The normalized spacial score (nSPS) is 11.1. The van der Waals surface area contributed by atoms with E-state index in [1.165, 1.54) is 0 Å². The van der Waals surface area contributed by atoms with Crippen molar-refractivity contribution >= 4 is 23.4 Å². The Morgan fingerprint density at radius 3 is 1.84 bits per heavy atom. The summed E-state index contributed by atoms with van der Waals surface area (Å²) in [5.41, 5.74) is 2.98. The molecule has 0 aromatic heterocycles. The average molecular weight is 346 g/mol. The zero-order valence-electron chi connectivity index (χ0n) is 15.1. The maximum Gasteiger partial charge on any atom is 0.306 e. The molecule has 6 heteroatoms. The van der Waals surface area contributed by atoms with Gasteiger partial charge in [-0.15, -0.1) is 0 Å². The van der Waals surface area contributed by atoms with E-state index in [2.05, 4.69) is 4.99 Å². The molecule has 0 fully saturated rings. The second kappa shape index (κ2) is 11.1. The van der Waals surface area contributed by atoms with Gasteiger partial charge in [0.1, 0.15) is 13.2 Å². The topological polar surface area (TPSA) is 88.8 Å². The van der Waals surface area contributed by atoms with Gasteiger partial charge in [0.05, 0.1) is 12.8 Å². The van der Waals surface area contributed by atoms with Crippen LogP contribution in [0, 0.1) is 5.41 Å². The van der Waals surface area contributed by atoms with Crippen molar-refractivity contribution in [2.45, 2.75) is 52.7 Å². The van der Waals surface area contributed by atoms with Crippen molar-refractivity contribution in [2.75, 3.05) is 7.05 Å². The van der Waals surface area contributed by atoms with Crippen molar-refractivity contribution < 1.29 is 19.1 Å². The fourth-order valence-corrected chi connectivity index (χ4v) is 1.98. The zero-order valence-corrected chi connectivity index (χ0v) is 15.1. The van der Waals surface area contributed by atoms with Crippen molar-refractivity contribution in [3.8, 4) is 0 Å². The van der Waals surface area contributed by atoms with Gasteiger partial charge in [0.2, 0.25) is 0 Å². The van der Waals surface area contributed by atoms with Crippen molar-refractivity contribution in [1.82, 2.24) is 0 Å². The third-order valence-corrected chi connectivity index (χ3v) is 3.67. The van der Waals surface area contributed by atoms with Crippen molar-refractivity contribution in [2.24, 2.45) is 4.99 Å². The second-order valence-corrected chi connectivity index (χ2v) is 5.83. The van der Waals surface area contributed by atoms with Crippen molar-refractivity contribution in [1.29, 1.82) is 5.41 Å². The fourth-order valence-electron chi connectivity index (χ4n) is 1.98. The smallest absolute Gasteiger partial charge is 0.306 e. The van der Waals surface area contributed by atoms with E-state index in [1.54, 1.807) is 14.0 Å². The third-order valence-electron chi connectivity index (χ3n) is 3.67. The van der Waals surface area contributed by atoms with Crippen LogP contribution in [0.15, 0.2) is 29.3 Å². The molecule has 0 aliphatic heterocycles. The molecule has 0 radical (unpaired) electrons. The Kier molecular flexibility index (Phi) is 9.14. The summed E-state index contributed by atoms with van der Waals surface area (Å²) in [6.45, 7) is 3.81. The first kappa shape index (κ1) is 20.5. The third kappa shape index (κ3) is 8.79. The highest BCUT2D eigenvalue weighted by molar-refractivity contribution is 5.85. The van der Waals surface area contributed by atoms with E-state index >= 15 is 0 Å². The average Bonchev–Trinajstić information content (AvgIpc) is 2.61. The number of rotatable bonds is 10. The molecule has 1 aromatic carbocycles. The van der Waals surface area contributed by atoms with Crippen LogP contribution in [0.2, 0.25) is 0 Å². The lowest BCUT2D eigenvalue weighted by atomic mass is 10.1. The Morgan fingerprint density at radius 1 is 0.920 bits per heavy atom. The molecule has 136 valence electrons. The fraction of sp³-hybridized carbons (Fsp3) is 0.474. The summed E-state index contributed by atoms with van der Waals surface area (Å²) in [5, 5.41) is 7.32. The Labute approximate surface area is 148 Å². The van der Waals surface area contributed by atoms with Crippen LogP contribution in [0.4, 0.5) is 0 Å². The van der Waals surface area contributed by atoms with Crippen LogP contribution in [0.3, 0.4) is 0 Å². The summed E-state index contributed by atoms with van der Waals surface area (Å²) < 4.78 is 10.5. The van der Waals surface area contributed by atoms with Crippen LogP contribution < -0.4 is 0 Å². The van der Waals surface area contributed by atoms with Gasteiger partial charge < -0.3 is 14.9 Å². The van der Waals surface area contributed by atoms with Gasteiger partial charge in [-0.05, 0) is 37.8 Å². The number of ether oxygens (including phenoxy) is 2. The number of benzene rings is 1. The van der Waals surface area contributed by atoms with Gasteiger partial charge in [-0.2, -0.15) is 0 Å². The zero-order chi connectivity index (χ0) is 18.7. The summed E-state index contributed by atoms with van der Waals surface area (Å²) in [7, 11) is 1.70. The minimum absolute atomic E-state index is 0.130. The van der Waals surface area contributed by atoms with E-state index in [1.807, 2.05) is 31.2 Å². The number of aliphatic imine (C=N–C) groups is 1. The van der Waals surface area contributed by atoms with Gasteiger partial charge in [-0.25, -0.2) is 0 Å². The lowest BCUT2D eigenvalue weighted by Gasteiger charge is -2.11. The molecule has 0 unspecified atom stereocenters. The van der Waals surface area contributed by atoms with E-state index < -0.39 is 0 Å². The monoisotopic (exact) mass is 346 g/mol. The van der Waals surface area contributed by atoms with Gasteiger partial charge in [-0.1, -0.05) is 24.3 Å². The SMILES string of the molecule is CN=C(C)CCC(=O)OCc1ccccc1COC(=O)CCC(C)=N.